The monoisotopic (exact) mass is 477 g/mol. The molecule has 3 aliphatic rings. The second kappa shape index (κ2) is 11.8. The maximum atomic E-state index is 12.4. The molecule has 4 rings (SSSR count). The molecule has 1 amide bonds. The fourth-order valence-electron chi connectivity index (χ4n) is 4.07. The lowest BCUT2D eigenvalue weighted by molar-refractivity contribution is -0.192. The lowest BCUT2D eigenvalue weighted by atomic mass is 9.99. The molecule has 33 heavy (non-hydrogen) atoms. The first-order valence-electron chi connectivity index (χ1n) is 11.1. The van der Waals surface area contributed by atoms with E-state index in [2.05, 4.69) is 16.2 Å². The third-order valence-corrected chi connectivity index (χ3v) is 5.95. The number of carboxylic acid groups (broad SMARTS) is 1. The van der Waals surface area contributed by atoms with E-state index in [1.54, 1.807) is 0 Å². The lowest BCUT2D eigenvalue weighted by Gasteiger charge is -2.25. The van der Waals surface area contributed by atoms with E-state index >= 15 is 0 Å². The van der Waals surface area contributed by atoms with Gasteiger partial charge in [0.25, 0.3) is 0 Å². The van der Waals surface area contributed by atoms with Gasteiger partial charge in [0.15, 0.2) is 0 Å². The van der Waals surface area contributed by atoms with Crippen molar-refractivity contribution in [2.45, 2.75) is 50.9 Å². The normalized spacial score (nSPS) is 22.1. The number of aliphatic carboxylic acids is 1. The second-order valence-corrected chi connectivity index (χ2v) is 8.36. The van der Waals surface area contributed by atoms with Gasteiger partial charge in [0.05, 0.1) is 12.3 Å². The topological polar surface area (TPSA) is 112 Å². The Bertz CT molecular complexity index is 789. The van der Waals surface area contributed by atoms with Gasteiger partial charge >= 0.3 is 12.1 Å². The fourth-order valence-corrected chi connectivity index (χ4v) is 4.07. The summed E-state index contributed by atoms with van der Waals surface area (Å²) in [5, 5.41) is 15.0. The first-order valence-corrected chi connectivity index (χ1v) is 11.1. The van der Waals surface area contributed by atoms with Gasteiger partial charge in [-0.1, -0.05) is 0 Å². The Kier molecular flexibility index (Phi) is 9.10. The molecule has 3 aliphatic heterocycles. The van der Waals surface area contributed by atoms with Crippen LogP contribution in [0.3, 0.4) is 0 Å². The van der Waals surface area contributed by atoms with Crippen LogP contribution in [0.1, 0.15) is 43.0 Å². The van der Waals surface area contributed by atoms with E-state index in [-0.39, 0.29) is 17.9 Å². The first kappa shape index (κ1) is 25.4. The molecular formula is C21H30F3N3O6. The van der Waals surface area contributed by atoms with Crippen LogP contribution in [0.4, 0.5) is 13.2 Å². The Morgan fingerprint density at radius 1 is 1.09 bits per heavy atom. The van der Waals surface area contributed by atoms with Crippen LogP contribution < -0.4 is 5.32 Å². The van der Waals surface area contributed by atoms with Crippen LogP contribution in [0.25, 0.3) is 0 Å². The number of nitrogens with one attached hydrogen (secondary N) is 1. The van der Waals surface area contributed by atoms with Crippen LogP contribution in [0.2, 0.25) is 0 Å². The summed E-state index contributed by atoms with van der Waals surface area (Å²) in [6.45, 7) is 5.20. The Hall–Kier alpha value is -2.18. The molecule has 2 fully saturated rings. The number of alkyl halides is 3. The number of hydrogen-bond donors (Lipinski definition) is 2. The molecule has 1 aromatic heterocycles. The van der Waals surface area contributed by atoms with E-state index in [4.69, 9.17) is 29.2 Å². The lowest BCUT2D eigenvalue weighted by Crippen LogP contribution is -2.37. The van der Waals surface area contributed by atoms with Crippen LogP contribution in [-0.4, -0.2) is 72.5 Å². The fraction of sp³-hybridized carbons (Fsp3) is 0.762. The molecule has 0 spiro atoms. The zero-order chi connectivity index (χ0) is 23.8. The highest BCUT2D eigenvalue weighted by molar-refractivity contribution is 5.78. The number of fused-ring (bicyclic) bond motifs is 1. The SMILES string of the molecule is O=C(NCC1OCCc2cn(CC3CCOCC3)nc21)C1CCOCC1.O=C(O)C(F)(F)F. The Morgan fingerprint density at radius 2 is 1.70 bits per heavy atom. The van der Waals surface area contributed by atoms with Crippen LogP contribution in [0, 0.1) is 11.8 Å². The summed E-state index contributed by atoms with van der Waals surface area (Å²) in [6.07, 6.45) is 1.66. The number of amides is 1. The average Bonchev–Trinajstić information content (AvgIpc) is 3.21. The molecule has 0 radical (unpaired) electrons. The van der Waals surface area contributed by atoms with E-state index in [9.17, 15) is 18.0 Å². The number of nitrogens with zero attached hydrogens (tertiary/aromatic N) is 2. The molecule has 1 unspecified atom stereocenters. The maximum absolute atomic E-state index is 12.4. The number of aromatic nitrogens is 2. The predicted octanol–water partition coefficient (Wildman–Crippen LogP) is 2.10. The van der Waals surface area contributed by atoms with E-state index in [0.29, 0.717) is 32.3 Å². The van der Waals surface area contributed by atoms with Crippen LogP contribution >= 0.6 is 0 Å². The largest absolute Gasteiger partial charge is 0.490 e. The number of rotatable bonds is 5. The van der Waals surface area contributed by atoms with Crippen molar-refractivity contribution in [3.05, 3.63) is 17.5 Å². The zero-order valence-corrected chi connectivity index (χ0v) is 18.3. The van der Waals surface area contributed by atoms with Crippen LogP contribution in [0.15, 0.2) is 6.20 Å². The van der Waals surface area contributed by atoms with Gasteiger partial charge in [-0.15, -0.1) is 0 Å². The minimum Gasteiger partial charge on any atom is -0.475 e. The Labute approximate surface area is 189 Å². The number of carbonyl (C=O) groups is 2. The summed E-state index contributed by atoms with van der Waals surface area (Å²) in [5.74, 6) is -1.94. The van der Waals surface area contributed by atoms with E-state index in [0.717, 1.165) is 57.6 Å². The van der Waals surface area contributed by atoms with Crippen molar-refractivity contribution >= 4 is 11.9 Å². The van der Waals surface area contributed by atoms with Gasteiger partial charge in [-0.3, -0.25) is 9.48 Å². The summed E-state index contributed by atoms with van der Waals surface area (Å²) in [7, 11) is 0. The molecule has 1 aromatic rings. The molecule has 0 aliphatic carbocycles. The minimum absolute atomic E-state index is 0.0675. The number of hydrogen-bond acceptors (Lipinski definition) is 6. The van der Waals surface area contributed by atoms with E-state index < -0.39 is 12.1 Å². The summed E-state index contributed by atoms with van der Waals surface area (Å²) < 4.78 is 50.5. The highest BCUT2D eigenvalue weighted by atomic mass is 19.4. The second-order valence-electron chi connectivity index (χ2n) is 8.36. The quantitative estimate of drug-likeness (QED) is 0.668. The summed E-state index contributed by atoms with van der Waals surface area (Å²) in [5.41, 5.74) is 2.25. The Balaban J connectivity index is 0.000000383. The molecule has 0 aromatic carbocycles. The Morgan fingerprint density at radius 3 is 2.30 bits per heavy atom. The van der Waals surface area contributed by atoms with Gasteiger partial charge in [0.2, 0.25) is 5.91 Å². The third kappa shape index (κ3) is 7.68. The van der Waals surface area contributed by atoms with Crippen LogP contribution in [-0.2, 0) is 36.8 Å². The van der Waals surface area contributed by atoms with Crippen molar-refractivity contribution in [3.8, 4) is 0 Å². The minimum atomic E-state index is -5.08. The van der Waals surface area contributed by atoms with Crippen molar-refractivity contribution in [1.82, 2.24) is 15.1 Å². The van der Waals surface area contributed by atoms with Crippen molar-refractivity contribution in [2.75, 3.05) is 39.6 Å². The number of ether oxygens (including phenoxy) is 3. The smallest absolute Gasteiger partial charge is 0.475 e. The standard InChI is InChI=1S/C19H29N3O4.C2HF3O2/c23-19(15-3-8-25-9-4-15)20-11-17-18-16(5-10-26-17)13-22(21-18)12-14-1-6-24-7-2-14;3-2(4,5)1(6)7/h13-15,17H,1-12H2,(H,20,23);(H,6,7). The van der Waals surface area contributed by atoms with Gasteiger partial charge in [-0.2, -0.15) is 18.3 Å². The molecule has 0 bridgehead atoms. The molecule has 2 N–H and O–H groups in total. The highest BCUT2D eigenvalue weighted by Crippen LogP contribution is 2.27. The number of halogens is 3. The molecule has 0 saturated carbocycles. The van der Waals surface area contributed by atoms with Crippen molar-refractivity contribution in [3.63, 3.8) is 0 Å². The maximum Gasteiger partial charge on any atom is 0.490 e. The predicted molar refractivity (Wildman–Crippen MR) is 108 cm³/mol. The van der Waals surface area contributed by atoms with E-state index in [1.807, 2.05) is 0 Å². The summed E-state index contributed by atoms with van der Waals surface area (Å²) in [6, 6.07) is 0. The van der Waals surface area contributed by atoms with Gasteiger partial charge < -0.3 is 24.6 Å². The zero-order valence-electron chi connectivity index (χ0n) is 18.3. The average molecular weight is 477 g/mol. The highest BCUT2D eigenvalue weighted by Gasteiger charge is 2.38. The van der Waals surface area contributed by atoms with Gasteiger partial charge in [0.1, 0.15) is 6.10 Å². The number of carboxylic acids is 1. The number of carbonyl (C=O) groups excluding carboxylic acids is 1. The molecule has 4 heterocycles. The van der Waals surface area contributed by atoms with Crippen molar-refractivity contribution in [1.29, 1.82) is 0 Å². The molecule has 9 nitrogen and oxygen atoms in total. The van der Waals surface area contributed by atoms with Gasteiger partial charge in [-0.25, -0.2) is 4.79 Å². The van der Waals surface area contributed by atoms with Gasteiger partial charge in [0, 0.05) is 51.6 Å². The molecular weight excluding hydrogens is 447 g/mol. The first-order chi connectivity index (χ1) is 15.7. The van der Waals surface area contributed by atoms with Gasteiger partial charge in [-0.05, 0) is 43.6 Å². The molecule has 1 atom stereocenters. The van der Waals surface area contributed by atoms with Crippen molar-refractivity contribution in [2.24, 2.45) is 11.8 Å². The molecule has 12 heteroatoms. The summed E-state index contributed by atoms with van der Waals surface area (Å²) >= 11 is 0. The van der Waals surface area contributed by atoms with Crippen molar-refractivity contribution < 1.29 is 42.1 Å². The van der Waals surface area contributed by atoms with E-state index in [1.165, 1.54) is 5.56 Å². The molecule has 2 saturated heterocycles. The summed E-state index contributed by atoms with van der Waals surface area (Å²) in [4.78, 5) is 21.3. The molecule has 186 valence electrons. The van der Waals surface area contributed by atoms with Crippen LogP contribution in [0.5, 0.6) is 0 Å². The third-order valence-electron chi connectivity index (χ3n) is 5.95.